The monoisotopic (exact) mass is 161 g/mol. The molecule has 1 heterocycles. The Labute approximate surface area is 67.4 Å². The number of aliphatic hydroxyl groups is 1. The molecule has 2 nitrogen and oxygen atoms in total. The standard InChI is InChI=1S/C7H11NO.ClH/c1-2-7(9)3-5-8-6-4-7;/h1,8-9H,3-6H2;1H. The predicted molar refractivity (Wildman–Crippen MR) is 43.1 cm³/mol. The third-order valence-corrected chi connectivity index (χ3v) is 1.70. The fraction of sp³-hybridized carbons (Fsp3) is 0.714. The van der Waals surface area contributed by atoms with Crippen molar-refractivity contribution in [1.82, 2.24) is 5.32 Å². The maximum Gasteiger partial charge on any atom is 0.127 e. The summed E-state index contributed by atoms with van der Waals surface area (Å²) in [7, 11) is 0. The first-order valence-corrected chi connectivity index (χ1v) is 3.18. The Morgan fingerprint density at radius 1 is 1.40 bits per heavy atom. The first-order chi connectivity index (χ1) is 4.27. The lowest BCUT2D eigenvalue weighted by Crippen LogP contribution is -2.40. The van der Waals surface area contributed by atoms with Gasteiger partial charge in [-0.3, -0.25) is 0 Å². The van der Waals surface area contributed by atoms with Gasteiger partial charge in [-0.25, -0.2) is 0 Å². The van der Waals surface area contributed by atoms with E-state index in [1.807, 2.05) is 0 Å². The van der Waals surface area contributed by atoms with E-state index in [-0.39, 0.29) is 12.4 Å². The van der Waals surface area contributed by atoms with Gasteiger partial charge >= 0.3 is 0 Å². The van der Waals surface area contributed by atoms with Crippen molar-refractivity contribution >= 4 is 12.4 Å². The molecule has 0 bridgehead atoms. The smallest absolute Gasteiger partial charge is 0.127 e. The number of piperidine rings is 1. The molecule has 0 saturated carbocycles. The number of rotatable bonds is 0. The van der Waals surface area contributed by atoms with Gasteiger partial charge in [0.15, 0.2) is 0 Å². The minimum absolute atomic E-state index is 0. The first kappa shape index (κ1) is 9.77. The highest BCUT2D eigenvalue weighted by molar-refractivity contribution is 5.85. The van der Waals surface area contributed by atoms with Crippen molar-refractivity contribution in [3.63, 3.8) is 0 Å². The van der Waals surface area contributed by atoms with Crippen molar-refractivity contribution < 1.29 is 5.11 Å². The normalized spacial score (nSPS) is 22.4. The van der Waals surface area contributed by atoms with E-state index in [0.717, 1.165) is 13.1 Å². The van der Waals surface area contributed by atoms with Crippen LogP contribution in [0.25, 0.3) is 0 Å². The van der Waals surface area contributed by atoms with Gasteiger partial charge < -0.3 is 10.4 Å². The maximum atomic E-state index is 9.40. The van der Waals surface area contributed by atoms with Crippen molar-refractivity contribution in [3.8, 4) is 12.3 Å². The van der Waals surface area contributed by atoms with Crippen LogP contribution < -0.4 is 5.32 Å². The Morgan fingerprint density at radius 3 is 2.20 bits per heavy atom. The van der Waals surface area contributed by atoms with Crippen molar-refractivity contribution in [3.05, 3.63) is 0 Å². The lowest BCUT2D eigenvalue weighted by atomic mass is 9.94. The van der Waals surface area contributed by atoms with Crippen LogP contribution in [-0.4, -0.2) is 23.8 Å². The molecule has 3 heteroatoms. The van der Waals surface area contributed by atoms with Crippen molar-refractivity contribution in [2.75, 3.05) is 13.1 Å². The van der Waals surface area contributed by atoms with E-state index in [9.17, 15) is 5.11 Å². The summed E-state index contributed by atoms with van der Waals surface area (Å²) in [5, 5.41) is 12.5. The highest BCUT2D eigenvalue weighted by Crippen LogP contribution is 2.15. The van der Waals surface area contributed by atoms with E-state index in [4.69, 9.17) is 6.42 Å². The van der Waals surface area contributed by atoms with Gasteiger partial charge in [-0.15, -0.1) is 18.8 Å². The molecule has 58 valence electrons. The topological polar surface area (TPSA) is 32.3 Å². The molecular formula is C7H12ClNO. The van der Waals surface area contributed by atoms with Gasteiger partial charge in [0, 0.05) is 0 Å². The molecule has 0 atom stereocenters. The second-order valence-electron chi connectivity index (χ2n) is 2.43. The highest BCUT2D eigenvalue weighted by atomic mass is 35.5. The molecule has 1 fully saturated rings. The average molecular weight is 162 g/mol. The fourth-order valence-corrected chi connectivity index (χ4v) is 0.985. The van der Waals surface area contributed by atoms with Crippen LogP contribution in [0.2, 0.25) is 0 Å². The summed E-state index contributed by atoms with van der Waals surface area (Å²) in [6, 6.07) is 0. The molecule has 0 aromatic carbocycles. The summed E-state index contributed by atoms with van der Waals surface area (Å²) in [4.78, 5) is 0. The van der Waals surface area contributed by atoms with E-state index >= 15 is 0 Å². The largest absolute Gasteiger partial charge is 0.378 e. The van der Waals surface area contributed by atoms with E-state index in [2.05, 4.69) is 11.2 Å². The molecule has 10 heavy (non-hydrogen) atoms. The van der Waals surface area contributed by atoms with Gasteiger partial charge in [0.1, 0.15) is 5.60 Å². The first-order valence-electron chi connectivity index (χ1n) is 3.18. The Morgan fingerprint density at radius 2 is 1.90 bits per heavy atom. The number of hydrogen-bond donors (Lipinski definition) is 2. The lowest BCUT2D eigenvalue weighted by Gasteiger charge is -2.26. The summed E-state index contributed by atoms with van der Waals surface area (Å²) in [6.07, 6.45) is 6.48. The van der Waals surface area contributed by atoms with E-state index in [0.29, 0.717) is 12.8 Å². The van der Waals surface area contributed by atoms with Gasteiger partial charge in [-0.05, 0) is 25.9 Å². The molecule has 0 amide bonds. The summed E-state index contributed by atoms with van der Waals surface area (Å²) < 4.78 is 0. The summed E-state index contributed by atoms with van der Waals surface area (Å²) >= 11 is 0. The van der Waals surface area contributed by atoms with E-state index in [1.54, 1.807) is 0 Å². The molecule has 2 N–H and O–H groups in total. The Bertz CT molecular complexity index is 135. The number of nitrogens with one attached hydrogen (secondary N) is 1. The van der Waals surface area contributed by atoms with Gasteiger partial charge in [0.25, 0.3) is 0 Å². The Balaban J connectivity index is 0.000000810. The van der Waals surface area contributed by atoms with Crippen molar-refractivity contribution in [1.29, 1.82) is 0 Å². The molecule has 0 radical (unpaired) electrons. The summed E-state index contributed by atoms with van der Waals surface area (Å²) in [5.41, 5.74) is -0.814. The average Bonchev–Trinajstić information content (AvgIpc) is 1.90. The third kappa shape index (κ3) is 2.18. The zero-order valence-corrected chi connectivity index (χ0v) is 6.58. The molecule has 1 rings (SSSR count). The second-order valence-corrected chi connectivity index (χ2v) is 2.43. The van der Waals surface area contributed by atoms with Crippen LogP contribution in [0.15, 0.2) is 0 Å². The summed E-state index contributed by atoms with van der Waals surface area (Å²) in [5.74, 6) is 2.40. The second kappa shape index (κ2) is 3.82. The predicted octanol–water partition coefficient (Wildman–Crippen LogP) is 0.156. The zero-order valence-electron chi connectivity index (χ0n) is 5.76. The molecule has 0 aliphatic carbocycles. The van der Waals surface area contributed by atoms with Crippen LogP contribution in [-0.2, 0) is 0 Å². The van der Waals surface area contributed by atoms with Gasteiger partial charge in [0.05, 0.1) is 0 Å². The zero-order chi connectivity index (χ0) is 6.74. The van der Waals surface area contributed by atoms with Crippen LogP contribution in [0.4, 0.5) is 0 Å². The highest BCUT2D eigenvalue weighted by Gasteiger charge is 2.25. The Hall–Kier alpha value is -0.230. The van der Waals surface area contributed by atoms with Gasteiger partial charge in [-0.1, -0.05) is 5.92 Å². The van der Waals surface area contributed by atoms with Gasteiger partial charge in [0.2, 0.25) is 0 Å². The van der Waals surface area contributed by atoms with Crippen LogP contribution in [0.5, 0.6) is 0 Å². The van der Waals surface area contributed by atoms with E-state index in [1.165, 1.54) is 0 Å². The molecule has 0 aromatic heterocycles. The molecule has 1 saturated heterocycles. The SMILES string of the molecule is C#CC1(O)CCNCC1.Cl. The molecule has 1 aliphatic heterocycles. The summed E-state index contributed by atoms with van der Waals surface area (Å²) in [6.45, 7) is 1.67. The maximum absolute atomic E-state index is 9.40. The molecule has 0 aromatic rings. The lowest BCUT2D eigenvalue weighted by molar-refractivity contribution is 0.0681. The number of halogens is 1. The molecule has 1 aliphatic rings. The number of hydrogen-bond acceptors (Lipinski definition) is 2. The minimum Gasteiger partial charge on any atom is -0.378 e. The van der Waals surface area contributed by atoms with Crippen LogP contribution in [0.1, 0.15) is 12.8 Å². The number of terminal acetylenes is 1. The Kier molecular flexibility index (Phi) is 3.73. The quantitative estimate of drug-likeness (QED) is 0.496. The molecule has 0 unspecified atom stereocenters. The van der Waals surface area contributed by atoms with Crippen LogP contribution in [0.3, 0.4) is 0 Å². The fourth-order valence-electron chi connectivity index (χ4n) is 0.985. The van der Waals surface area contributed by atoms with Crippen LogP contribution >= 0.6 is 12.4 Å². The molecule has 0 spiro atoms. The van der Waals surface area contributed by atoms with E-state index < -0.39 is 5.60 Å². The van der Waals surface area contributed by atoms with Crippen molar-refractivity contribution in [2.45, 2.75) is 18.4 Å². The van der Waals surface area contributed by atoms with Crippen LogP contribution in [0, 0.1) is 12.3 Å². The molecular weight excluding hydrogens is 150 g/mol. The van der Waals surface area contributed by atoms with Gasteiger partial charge in [-0.2, -0.15) is 0 Å². The minimum atomic E-state index is -0.814. The third-order valence-electron chi connectivity index (χ3n) is 1.70. The van der Waals surface area contributed by atoms with Crippen molar-refractivity contribution in [2.24, 2.45) is 0 Å².